The molecule has 0 aromatic heterocycles. The maximum absolute atomic E-state index is 14.4. The number of nitrogens with one attached hydrogen (secondary N) is 1. The Kier molecular flexibility index (Phi) is 11.6. The number of carbonyl (C=O) groups is 2. The minimum Gasteiger partial charge on any atom is -0.493 e. The molecule has 0 spiro atoms. The summed E-state index contributed by atoms with van der Waals surface area (Å²) in [6, 6.07) is 28.6. The second-order valence-electron chi connectivity index (χ2n) is 10.1. The summed E-state index contributed by atoms with van der Waals surface area (Å²) in [5, 5.41) is 2.86. The summed E-state index contributed by atoms with van der Waals surface area (Å²) in [7, 11) is -1.41. The van der Waals surface area contributed by atoms with Crippen molar-refractivity contribution in [3.05, 3.63) is 119 Å². The molecule has 0 saturated carbocycles. The molecule has 1 N–H and O–H groups in total. The lowest BCUT2D eigenvalue weighted by atomic mass is 10.0. The standard InChI is InChI=1S/C34H36BrN3O6S/c1-4-36-34(40)30(21-25-11-7-5-8-12-25)37(23-26-15-17-27(35)18-16-26)33(39)24-38(28-13-9-6-10-14-28)45(41,42)29-19-20-31(43-2)32(22-29)44-3/h5-20,22,30H,4,21,23-24H2,1-3H3,(H,36,40)/t30-/m1/s1. The highest BCUT2D eigenvalue weighted by atomic mass is 79.9. The van der Waals surface area contributed by atoms with Crippen LogP contribution in [0.3, 0.4) is 0 Å². The second-order valence-corrected chi connectivity index (χ2v) is 12.9. The van der Waals surface area contributed by atoms with E-state index in [1.165, 1.54) is 37.3 Å². The molecule has 0 aliphatic carbocycles. The predicted molar refractivity (Wildman–Crippen MR) is 178 cm³/mol. The van der Waals surface area contributed by atoms with Crippen molar-refractivity contribution < 1.29 is 27.5 Å². The third kappa shape index (κ3) is 8.43. The van der Waals surface area contributed by atoms with Crippen molar-refractivity contribution >= 4 is 43.5 Å². The Hall–Kier alpha value is -4.35. The van der Waals surface area contributed by atoms with Crippen molar-refractivity contribution in [3.8, 4) is 11.5 Å². The molecule has 1 atom stereocenters. The number of hydrogen-bond acceptors (Lipinski definition) is 6. The molecule has 236 valence electrons. The van der Waals surface area contributed by atoms with Crippen molar-refractivity contribution in [1.29, 1.82) is 0 Å². The van der Waals surface area contributed by atoms with Crippen LogP contribution in [0, 0.1) is 0 Å². The third-order valence-corrected chi connectivity index (χ3v) is 9.45. The van der Waals surface area contributed by atoms with Gasteiger partial charge in [0.15, 0.2) is 11.5 Å². The van der Waals surface area contributed by atoms with Crippen LogP contribution in [0.5, 0.6) is 11.5 Å². The number of para-hydroxylation sites is 1. The molecule has 9 nitrogen and oxygen atoms in total. The number of carbonyl (C=O) groups excluding carboxylic acids is 2. The van der Waals surface area contributed by atoms with Crippen molar-refractivity contribution in [2.75, 3.05) is 31.6 Å². The van der Waals surface area contributed by atoms with E-state index in [4.69, 9.17) is 9.47 Å². The van der Waals surface area contributed by atoms with Gasteiger partial charge in [-0.05, 0) is 54.4 Å². The number of likely N-dealkylation sites (N-methyl/N-ethyl adjacent to an activating group) is 1. The average Bonchev–Trinajstić information content (AvgIpc) is 3.06. The van der Waals surface area contributed by atoms with Crippen LogP contribution < -0.4 is 19.1 Å². The molecule has 0 saturated heterocycles. The van der Waals surface area contributed by atoms with E-state index in [-0.39, 0.29) is 29.5 Å². The fourth-order valence-corrected chi connectivity index (χ4v) is 6.55. The zero-order chi connectivity index (χ0) is 32.4. The minimum atomic E-state index is -4.29. The number of nitrogens with zero attached hydrogens (tertiary/aromatic N) is 2. The van der Waals surface area contributed by atoms with E-state index in [0.717, 1.165) is 19.9 Å². The maximum atomic E-state index is 14.4. The quantitative estimate of drug-likeness (QED) is 0.189. The molecule has 2 amide bonds. The summed E-state index contributed by atoms with van der Waals surface area (Å²) in [5.74, 6) is -0.280. The topological polar surface area (TPSA) is 105 Å². The van der Waals surface area contributed by atoms with Gasteiger partial charge in [0, 0.05) is 30.0 Å². The molecule has 4 aromatic rings. The van der Waals surface area contributed by atoms with Gasteiger partial charge >= 0.3 is 0 Å². The van der Waals surface area contributed by atoms with Gasteiger partial charge in [-0.2, -0.15) is 0 Å². The summed E-state index contributed by atoms with van der Waals surface area (Å²) in [6.07, 6.45) is 0.239. The number of benzene rings is 4. The Morgan fingerprint density at radius 3 is 2.04 bits per heavy atom. The first-order valence-corrected chi connectivity index (χ1v) is 16.6. The van der Waals surface area contributed by atoms with E-state index in [1.807, 2.05) is 61.5 Å². The molecular formula is C34H36BrN3O6S. The van der Waals surface area contributed by atoms with Gasteiger partial charge in [0.1, 0.15) is 12.6 Å². The summed E-state index contributed by atoms with van der Waals surface area (Å²) in [4.78, 5) is 29.4. The van der Waals surface area contributed by atoms with E-state index in [1.54, 1.807) is 30.3 Å². The molecule has 0 heterocycles. The SMILES string of the molecule is CCNC(=O)[C@@H](Cc1ccccc1)N(Cc1ccc(Br)cc1)C(=O)CN(c1ccccc1)S(=O)(=O)c1ccc(OC)c(OC)c1. The minimum absolute atomic E-state index is 0.0826. The van der Waals surface area contributed by atoms with Crippen molar-refractivity contribution in [3.63, 3.8) is 0 Å². The molecule has 45 heavy (non-hydrogen) atoms. The Morgan fingerprint density at radius 2 is 1.44 bits per heavy atom. The number of ether oxygens (including phenoxy) is 2. The van der Waals surface area contributed by atoms with E-state index < -0.39 is 28.5 Å². The van der Waals surface area contributed by atoms with Crippen LogP contribution in [-0.4, -0.2) is 58.5 Å². The van der Waals surface area contributed by atoms with Gasteiger partial charge in [0.2, 0.25) is 11.8 Å². The van der Waals surface area contributed by atoms with E-state index in [0.29, 0.717) is 18.0 Å². The summed E-state index contributed by atoms with van der Waals surface area (Å²) in [5.41, 5.74) is 1.94. The van der Waals surface area contributed by atoms with Gasteiger partial charge < -0.3 is 19.7 Å². The molecule has 0 bridgehead atoms. The van der Waals surface area contributed by atoms with Crippen molar-refractivity contribution in [1.82, 2.24) is 10.2 Å². The summed E-state index contributed by atoms with van der Waals surface area (Å²) in [6.45, 7) is 1.71. The van der Waals surface area contributed by atoms with Crippen molar-refractivity contribution in [2.24, 2.45) is 0 Å². The first-order chi connectivity index (χ1) is 21.7. The Bertz CT molecular complexity index is 1690. The number of amides is 2. The Morgan fingerprint density at radius 1 is 0.822 bits per heavy atom. The first-order valence-electron chi connectivity index (χ1n) is 14.3. The largest absolute Gasteiger partial charge is 0.493 e. The maximum Gasteiger partial charge on any atom is 0.264 e. The van der Waals surface area contributed by atoms with Gasteiger partial charge in [0.05, 0.1) is 24.8 Å². The number of anilines is 1. The first kappa shape index (κ1) is 33.5. The zero-order valence-electron chi connectivity index (χ0n) is 25.4. The molecule has 4 rings (SSSR count). The van der Waals surface area contributed by atoms with Crippen LogP contribution in [0.4, 0.5) is 5.69 Å². The fourth-order valence-electron chi connectivity index (χ4n) is 4.86. The summed E-state index contributed by atoms with van der Waals surface area (Å²) < 4.78 is 41.0. The van der Waals surface area contributed by atoms with Gasteiger partial charge in [-0.25, -0.2) is 8.42 Å². The number of halogens is 1. The van der Waals surface area contributed by atoms with E-state index >= 15 is 0 Å². The predicted octanol–water partition coefficient (Wildman–Crippen LogP) is 5.44. The monoisotopic (exact) mass is 693 g/mol. The molecular weight excluding hydrogens is 658 g/mol. The second kappa shape index (κ2) is 15.6. The number of hydrogen-bond donors (Lipinski definition) is 1. The van der Waals surface area contributed by atoms with Gasteiger partial charge in [-0.1, -0.05) is 76.6 Å². The van der Waals surface area contributed by atoms with E-state index in [2.05, 4.69) is 21.2 Å². The molecule has 0 unspecified atom stereocenters. The highest BCUT2D eigenvalue weighted by Crippen LogP contribution is 2.32. The van der Waals surface area contributed by atoms with Crippen LogP contribution in [0.1, 0.15) is 18.1 Å². The summed E-state index contributed by atoms with van der Waals surface area (Å²) >= 11 is 3.44. The van der Waals surface area contributed by atoms with Crippen LogP contribution >= 0.6 is 15.9 Å². The number of sulfonamides is 1. The molecule has 0 fully saturated rings. The Labute approximate surface area is 273 Å². The number of methoxy groups -OCH3 is 2. The van der Waals surface area contributed by atoms with Crippen LogP contribution in [-0.2, 0) is 32.6 Å². The molecule has 0 aliphatic heterocycles. The van der Waals surface area contributed by atoms with Gasteiger partial charge in [-0.3, -0.25) is 13.9 Å². The zero-order valence-corrected chi connectivity index (χ0v) is 27.8. The lowest BCUT2D eigenvalue weighted by Crippen LogP contribution is -2.53. The fraction of sp³-hybridized carbons (Fsp3) is 0.235. The molecule has 0 aliphatic rings. The normalized spacial score (nSPS) is 11.7. The average molecular weight is 695 g/mol. The van der Waals surface area contributed by atoms with Crippen molar-refractivity contribution in [2.45, 2.75) is 30.8 Å². The molecule has 11 heteroatoms. The van der Waals surface area contributed by atoms with Crippen LogP contribution in [0.15, 0.2) is 112 Å². The third-order valence-electron chi connectivity index (χ3n) is 7.15. The van der Waals surface area contributed by atoms with E-state index in [9.17, 15) is 18.0 Å². The van der Waals surface area contributed by atoms with Gasteiger partial charge in [0.25, 0.3) is 10.0 Å². The highest BCUT2D eigenvalue weighted by molar-refractivity contribution is 9.10. The lowest BCUT2D eigenvalue weighted by Gasteiger charge is -2.34. The molecule has 0 radical (unpaired) electrons. The highest BCUT2D eigenvalue weighted by Gasteiger charge is 2.34. The smallest absolute Gasteiger partial charge is 0.264 e. The Balaban J connectivity index is 1.79. The lowest BCUT2D eigenvalue weighted by molar-refractivity contribution is -0.140. The van der Waals surface area contributed by atoms with Crippen LogP contribution in [0.2, 0.25) is 0 Å². The van der Waals surface area contributed by atoms with Crippen LogP contribution in [0.25, 0.3) is 0 Å². The molecule has 4 aromatic carbocycles. The number of rotatable bonds is 14. The van der Waals surface area contributed by atoms with Gasteiger partial charge in [-0.15, -0.1) is 0 Å².